The first-order chi connectivity index (χ1) is 12.5. The molecule has 1 heterocycles. The fourth-order valence-corrected chi connectivity index (χ4v) is 3.12. The second-order valence-electron chi connectivity index (χ2n) is 7.02. The highest BCUT2D eigenvalue weighted by Crippen LogP contribution is 2.19. The summed E-state index contributed by atoms with van der Waals surface area (Å²) in [5.74, 6) is 0.660. The van der Waals surface area contributed by atoms with Crippen molar-refractivity contribution in [2.24, 2.45) is 5.92 Å². The second kappa shape index (κ2) is 8.04. The Labute approximate surface area is 154 Å². The summed E-state index contributed by atoms with van der Waals surface area (Å²) in [5, 5.41) is 2.86. The number of nitrogens with zero attached hydrogens (tertiary/aromatic N) is 1. The summed E-state index contributed by atoms with van der Waals surface area (Å²) in [6.45, 7) is 3.86. The summed E-state index contributed by atoms with van der Waals surface area (Å²) >= 11 is 0. The summed E-state index contributed by atoms with van der Waals surface area (Å²) < 4.78 is 0. The highest BCUT2D eigenvalue weighted by Gasteiger charge is 2.21. The fourth-order valence-electron chi connectivity index (χ4n) is 3.12. The van der Waals surface area contributed by atoms with Gasteiger partial charge < -0.3 is 16.0 Å². The van der Waals surface area contributed by atoms with Crippen molar-refractivity contribution in [3.8, 4) is 0 Å². The molecule has 2 aromatic rings. The number of nitrogens with one attached hydrogen (secondary N) is 1. The molecule has 5 heteroatoms. The molecule has 0 radical (unpaired) electrons. The van der Waals surface area contributed by atoms with E-state index in [4.69, 9.17) is 5.73 Å². The van der Waals surface area contributed by atoms with Crippen LogP contribution in [0.4, 0.5) is 11.4 Å². The van der Waals surface area contributed by atoms with E-state index in [0.29, 0.717) is 22.9 Å². The first-order valence-corrected chi connectivity index (χ1v) is 9.05. The van der Waals surface area contributed by atoms with Gasteiger partial charge in [-0.2, -0.15) is 0 Å². The molecule has 2 amide bonds. The van der Waals surface area contributed by atoms with Crippen molar-refractivity contribution in [3.63, 3.8) is 0 Å². The van der Waals surface area contributed by atoms with Crippen LogP contribution in [0.25, 0.3) is 0 Å². The third kappa shape index (κ3) is 4.63. The minimum Gasteiger partial charge on any atom is -0.399 e. The van der Waals surface area contributed by atoms with Crippen LogP contribution in [-0.2, 0) is 11.2 Å². The van der Waals surface area contributed by atoms with E-state index in [0.717, 1.165) is 31.5 Å². The van der Waals surface area contributed by atoms with Gasteiger partial charge in [0.05, 0.1) is 6.42 Å². The summed E-state index contributed by atoms with van der Waals surface area (Å²) in [6, 6.07) is 14.4. The molecule has 136 valence electrons. The number of rotatable bonds is 4. The lowest BCUT2D eigenvalue weighted by molar-refractivity contribution is -0.115. The molecule has 2 aromatic carbocycles. The largest absolute Gasteiger partial charge is 0.399 e. The molecule has 26 heavy (non-hydrogen) atoms. The van der Waals surface area contributed by atoms with Gasteiger partial charge in [0, 0.05) is 30.0 Å². The Morgan fingerprint density at radius 2 is 1.65 bits per heavy atom. The molecule has 0 spiro atoms. The summed E-state index contributed by atoms with van der Waals surface area (Å²) in [5.41, 5.74) is 8.58. The molecular formula is C21H25N3O2. The molecule has 0 atom stereocenters. The Bertz CT molecular complexity index is 761. The van der Waals surface area contributed by atoms with Crippen LogP contribution in [-0.4, -0.2) is 29.8 Å². The fraction of sp³-hybridized carbons (Fsp3) is 0.333. The van der Waals surface area contributed by atoms with Crippen LogP contribution in [0.2, 0.25) is 0 Å². The molecule has 0 unspecified atom stereocenters. The quantitative estimate of drug-likeness (QED) is 0.830. The molecule has 1 aliphatic rings. The van der Waals surface area contributed by atoms with Crippen molar-refractivity contribution in [3.05, 3.63) is 59.7 Å². The van der Waals surface area contributed by atoms with Gasteiger partial charge in [0.25, 0.3) is 5.91 Å². The molecule has 0 aliphatic carbocycles. The third-order valence-electron chi connectivity index (χ3n) is 4.83. The van der Waals surface area contributed by atoms with Crippen molar-refractivity contribution in [1.82, 2.24) is 4.90 Å². The molecule has 1 saturated heterocycles. The Morgan fingerprint density at radius 1 is 1.04 bits per heavy atom. The number of hydrogen-bond acceptors (Lipinski definition) is 3. The van der Waals surface area contributed by atoms with Gasteiger partial charge in [-0.25, -0.2) is 0 Å². The number of likely N-dealkylation sites (tertiary alicyclic amines) is 1. The van der Waals surface area contributed by atoms with E-state index < -0.39 is 0 Å². The molecule has 3 rings (SSSR count). The maximum Gasteiger partial charge on any atom is 0.253 e. The monoisotopic (exact) mass is 351 g/mol. The van der Waals surface area contributed by atoms with E-state index in [2.05, 4.69) is 12.2 Å². The normalized spacial score (nSPS) is 14.9. The molecule has 0 aromatic heterocycles. The van der Waals surface area contributed by atoms with Crippen LogP contribution in [0, 0.1) is 5.92 Å². The molecule has 5 nitrogen and oxygen atoms in total. The Balaban J connectivity index is 1.56. The van der Waals surface area contributed by atoms with E-state index in [1.807, 2.05) is 17.0 Å². The minimum absolute atomic E-state index is 0.0663. The molecule has 3 N–H and O–H groups in total. The van der Waals surface area contributed by atoms with Gasteiger partial charge in [-0.3, -0.25) is 9.59 Å². The average molecular weight is 351 g/mol. The topological polar surface area (TPSA) is 75.4 Å². The first-order valence-electron chi connectivity index (χ1n) is 9.05. The predicted molar refractivity (Wildman–Crippen MR) is 104 cm³/mol. The smallest absolute Gasteiger partial charge is 0.253 e. The molecule has 0 saturated carbocycles. The molecule has 1 fully saturated rings. The van der Waals surface area contributed by atoms with Crippen molar-refractivity contribution >= 4 is 23.2 Å². The van der Waals surface area contributed by atoms with Crippen LogP contribution >= 0.6 is 0 Å². The van der Waals surface area contributed by atoms with E-state index >= 15 is 0 Å². The Hall–Kier alpha value is -2.82. The van der Waals surface area contributed by atoms with Gasteiger partial charge in [-0.15, -0.1) is 0 Å². The number of carbonyl (C=O) groups is 2. The van der Waals surface area contributed by atoms with Gasteiger partial charge in [-0.1, -0.05) is 19.1 Å². The predicted octanol–water partition coefficient (Wildman–Crippen LogP) is 3.32. The number of carbonyl (C=O) groups excluding carboxylic acids is 2. The molecular weight excluding hydrogens is 326 g/mol. The van der Waals surface area contributed by atoms with Gasteiger partial charge >= 0.3 is 0 Å². The zero-order chi connectivity index (χ0) is 18.5. The zero-order valence-electron chi connectivity index (χ0n) is 15.1. The van der Waals surface area contributed by atoms with E-state index in [1.54, 1.807) is 36.4 Å². The minimum atomic E-state index is -0.0983. The number of piperidine rings is 1. The van der Waals surface area contributed by atoms with Crippen molar-refractivity contribution in [1.29, 1.82) is 0 Å². The maximum absolute atomic E-state index is 12.5. The summed E-state index contributed by atoms with van der Waals surface area (Å²) in [4.78, 5) is 26.6. The van der Waals surface area contributed by atoms with Crippen molar-refractivity contribution < 1.29 is 9.59 Å². The number of benzene rings is 2. The second-order valence-corrected chi connectivity index (χ2v) is 7.02. The highest BCUT2D eigenvalue weighted by molar-refractivity contribution is 5.96. The van der Waals surface area contributed by atoms with E-state index in [9.17, 15) is 9.59 Å². The number of amides is 2. The van der Waals surface area contributed by atoms with Gasteiger partial charge in [0.15, 0.2) is 0 Å². The average Bonchev–Trinajstić information content (AvgIpc) is 2.64. The first kappa shape index (κ1) is 18.0. The molecule has 0 bridgehead atoms. The maximum atomic E-state index is 12.5. The number of nitrogen functional groups attached to an aromatic ring is 1. The van der Waals surface area contributed by atoms with E-state index in [-0.39, 0.29) is 18.2 Å². The van der Waals surface area contributed by atoms with Crippen LogP contribution in [0.3, 0.4) is 0 Å². The summed E-state index contributed by atoms with van der Waals surface area (Å²) in [7, 11) is 0. The lowest BCUT2D eigenvalue weighted by Crippen LogP contribution is -2.37. The lowest BCUT2D eigenvalue weighted by atomic mass is 9.98. The van der Waals surface area contributed by atoms with Crippen LogP contribution in [0.15, 0.2) is 48.5 Å². The lowest BCUT2D eigenvalue weighted by Gasteiger charge is -2.30. The molecule has 1 aliphatic heterocycles. The third-order valence-corrected chi connectivity index (χ3v) is 4.83. The van der Waals surface area contributed by atoms with Gasteiger partial charge in [0.2, 0.25) is 5.91 Å². The standard InChI is InChI=1S/C21H25N3O2/c1-15-10-12-24(13-11-15)21(26)17-4-8-19(9-5-17)23-20(25)14-16-2-6-18(22)7-3-16/h2-9,15H,10-14,22H2,1H3,(H,23,25). The summed E-state index contributed by atoms with van der Waals surface area (Å²) in [6.07, 6.45) is 2.41. The highest BCUT2D eigenvalue weighted by atomic mass is 16.2. The van der Waals surface area contributed by atoms with Gasteiger partial charge in [0.1, 0.15) is 0 Å². The van der Waals surface area contributed by atoms with Crippen LogP contribution in [0.1, 0.15) is 35.7 Å². The SMILES string of the molecule is CC1CCN(C(=O)c2ccc(NC(=O)Cc3ccc(N)cc3)cc2)CC1. The Morgan fingerprint density at radius 3 is 2.27 bits per heavy atom. The van der Waals surface area contributed by atoms with Crippen LogP contribution in [0.5, 0.6) is 0 Å². The van der Waals surface area contributed by atoms with Crippen molar-refractivity contribution in [2.75, 3.05) is 24.1 Å². The zero-order valence-corrected chi connectivity index (χ0v) is 15.1. The number of anilines is 2. The van der Waals surface area contributed by atoms with E-state index in [1.165, 1.54) is 0 Å². The number of hydrogen-bond donors (Lipinski definition) is 2. The Kier molecular flexibility index (Phi) is 5.56. The van der Waals surface area contributed by atoms with Crippen molar-refractivity contribution in [2.45, 2.75) is 26.2 Å². The van der Waals surface area contributed by atoms with Crippen LogP contribution < -0.4 is 11.1 Å². The van der Waals surface area contributed by atoms with Gasteiger partial charge in [-0.05, 0) is 60.7 Å². The number of nitrogens with two attached hydrogens (primary N) is 1.